The summed E-state index contributed by atoms with van der Waals surface area (Å²) in [4.78, 5) is 12.1. The molecule has 3 rings (SSSR count). The molecule has 6 nitrogen and oxygen atoms in total. The number of nitrogen functional groups attached to an aromatic ring is 1. The summed E-state index contributed by atoms with van der Waals surface area (Å²) in [7, 11) is 0. The lowest BCUT2D eigenvalue weighted by Crippen LogP contribution is -2.14. The normalized spacial score (nSPS) is 10.3. The number of benzene rings is 2. The van der Waals surface area contributed by atoms with E-state index in [0.717, 1.165) is 0 Å². The molecule has 0 saturated carbocycles. The summed E-state index contributed by atoms with van der Waals surface area (Å²) in [5, 5.41) is 10.8. The van der Waals surface area contributed by atoms with E-state index in [1.165, 1.54) is 23.1 Å². The van der Waals surface area contributed by atoms with Crippen molar-refractivity contribution in [1.29, 1.82) is 0 Å². The van der Waals surface area contributed by atoms with Crippen LogP contribution in [0.2, 0.25) is 0 Å². The molecule has 8 heteroatoms. The zero-order chi connectivity index (χ0) is 16.8. The maximum Gasteiger partial charge on any atom is 0.234 e. The fourth-order valence-corrected chi connectivity index (χ4v) is 3.30. The van der Waals surface area contributed by atoms with Crippen LogP contribution in [0.3, 0.4) is 0 Å². The van der Waals surface area contributed by atoms with E-state index in [1.807, 2.05) is 42.5 Å². The Kier molecular flexibility index (Phi) is 5.29. The van der Waals surface area contributed by atoms with Crippen LogP contribution in [0, 0.1) is 0 Å². The van der Waals surface area contributed by atoms with E-state index in [9.17, 15) is 4.79 Å². The van der Waals surface area contributed by atoms with Crippen LogP contribution < -0.4 is 15.8 Å². The molecule has 1 aromatic heterocycles. The lowest BCUT2D eigenvalue weighted by atomic mass is 10.3. The summed E-state index contributed by atoms with van der Waals surface area (Å²) in [6.45, 7) is 0. The molecule has 122 valence electrons. The van der Waals surface area contributed by atoms with Gasteiger partial charge in [-0.05, 0) is 24.3 Å². The van der Waals surface area contributed by atoms with Crippen LogP contribution in [0.4, 0.5) is 10.8 Å². The van der Waals surface area contributed by atoms with Crippen molar-refractivity contribution in [2.24, 2.45) is 0 Å². The van der Waals surface area contributed by atoms with Gasteiger partial charge in [0.05, 0.1) is 11.4 Å². The van der Waals surface area contributed by atoms with E-state index in [-0.39, 0.29) is 11.7 Å². The van der Waals surface area contributed by atoms with Crippen LogP contribution in [0.1, 0.15) is 0 Å². The van der Waals surface area contributed by atoms with Crippen molar-refractivity contribution in [3.05, 3.63) is 54.6 Å². The summed E-state index contributed by atoms with van der Waals surface area (Å²) in [5.41, 5.74) is 6.13. The minimum atomic E-state index is -0.155. The van der Waals surface area contributed by atoms with Gasteiger partial charge in [0.2, 0.25) is 11.0 Å². The molecule has 0 spiro atoms. The van der Waals surface area contributed by atoms with Crippen LogP contribution in [0.25, 0.3) is 0 Å². The van der Waals surface area contributed by atoms with Gasteiger partial charge in [-0.15, -0.1) is 10.2 Å². The maximum atomic E-state index is 12.1. The molecule has 0 saturated heterocycles. The molecule has 2 aromatic carbocycles. The van der Waals surface area contributed by atoms with Gasteiger partial charge < -0.3 is 15.8 Å². The molecule has 0 aliphatic carbocycles. The lowest BCUT2D eigenvalue weighted by Gasteiger charge is -2.11. The van der Waals surface area contributed by atoms with Gasteiger partial charge in [-0.3, -0.25) is 4.79 Å². The zero-order valence-electron chi connectivity index (χ0n) is 12.5. The molecular formula is C16H14N4O2S2. The molecule has 1 heterocycles. The first-order chi connectivity index (χ1) is 11.7. The number of ether oxygens (including phenoxy) is 1. The molecule has 0 unspecified atom stereocenters. The van der Waals surface area contributed by atoms with E-state index in [0.29, 0.717) is 26.7 Å². The van der Waals surface area contributed by atoms with Crippen LogP contribution in [-0.2, 0) is 4.79 Å². The van der Waals surface area contributed by atoms with Crippen LogP contribution in [0.5, 0.6) is 11.5 Å². The van der Waals surface area contributed by atoms with E-state index in [4.69, 9.17) is 10.5 Å². The summed E-state index contributed by atoms with van der Waals surface area (Å²) in [5.74, 6) is 1.35. The van der Waals surface area contributed by atoms with Crippen molar-refractivity contribution in [2.75, 3.05) is 16.8 Å². The van der Waals surface area contributed by atoms with Gasteiger partial charge in [-0.2, -0.15) is 0 Å². The highest BCUT2D eigenvalue weighted by molar-refractivity contribution is 8.01. The number of amides is 1. The first-order valence-electron chi connectivity index (χ1n) is 7.04. The number of hydrogen-bond donors (Lipinski definition) is 2. The average Bonchev–Trinajstić information content (AvgIpc) is 3.01. The SMILES string of the molecule is Nc1nnc(SCC(=O)Nc2ccccc2Oc2ccccc2)s1. The van der Waals surface area contributed by atoms with Crippen molar-refractivity contribution >= 4 is 39.8 Å². The highest BCUT2D eigenvalue weighted by Crippen LogP contribution is 2.29. The molecule has 0 atom stereocenters. The Morgan fingerprint density at radius 3 is 2.62 bits per heavy atom. The van der Waals surface area contributed by atoms with Crippen molar-refractivity contribution in [3.63, 3.8) is 0 Å². The Labute approximate surface area is 147 Å². The maximum absolute atomic E-state index is 12.1. The van der Waals surface area contributed by atoms with Crippen LogP contribution >= 0.6 is 23.1 Å². The highest BCUT2D eigenvalue weighted by atomic mass is 32.2. The number of aromatic nitrogens is 2. The molecule has 0 radical (unpaired) electrons. The monoisotopic (exact) mass is 358 g/mol. The highest BCUT2D eigenvalue weighted by Gasteiger charge is 2.10. The largest absolute Gasteiger partial charge is 0.455 e. The third-order valence-electron chi connectivity index (χ3n) is 2.88. The Bertz CT molecular complexity index is 824. The van der Waals surface area contributed by atoms with E-state index in [1.54, 1.807) is 12.1 Å². The van der Waals surface area contributed by atoms with E-state index >= 15 is 0 Å². The number of para-hydroxylation sites is 3. The first-order valence-corrected chi connectivity index (χ1v) is 8.84. The number of nitrogens with one attached hydrogen (secondary N) is 1. The van der Waals surface area contributed by atoms with Gasteiger partial charge in [-0.25, -0.2) is 0 Å². The van der Waals surface area contributed by atoms with Gasteiger partial charge in [-0.1, -0.05) is 53.4 Å². The summed E-state index contributed by atoms with van der Waals surface area (Å²) < 4.78 is 6.48. The Morgan fingerprint density at radius 2 is 1.88 bits per heavy atom. The number of carbonyl (C=O) groups excluding carboxylic acids is 1. The molecule has 24 heavy (non-hydrogen) atoms. The fraction of sp³-hybridized carbons (Fsp3) is 0.0625. The number of nitrogens with zero attached hydrogens (tertiary/aromatic N) is 2. The second kappa shape index (κ2) is 7.80. The Morgan fingerprint density at radius 1 is 1.12 bits per heavy atom. The van der Waals surface area contributed by atoms with E-state index in [2.05, 4.69) is 15.5 Å². The third-order valence-corrected chi connectivity index (χ3v) is 4.77. The molecule has 3 aromatic rings. The lowest BCUT2D eigenvalue weighted by molar-refractivity contribution is -0.113. The summed E-state index contributed by atoms with van der Waals surface area (Å²) in [6, 6.07) is 16.7. The number of thioether (sulfide) groups is 1. The van der Waals surface area contributed by atoms with Gasteiger partial charge in [0.1, 0.15) is 5.75 Å². The number of anilines is 2. The molecule has 0 fully saturated rings. The quantitative estimate of drug-likeness (QED) is 0.654. The second-order valence-corrected chi connectivity index (χ2v) is 6.89. The number of nitrogens with two attached hydrogens (primary N) is 1. The molecular weight excluding hydrogens is 344 g/mol. The molecule has 3 N–H and O–H groups in total. The molecule has 0 bridgehead atoms. The van der Waals surface area contributed by atoms with Crippen molar-refractivity contribution < 1.29 is 9.53 Å². The second-order valence-electron chi connectivity index (χ2n) is 4.65. The topological polar surface area (TPSA) is 90.1 Å². The standard InChI is InChI=1S/C16H14N4O2S2/c17-15-19-20-16(24-15)23-10-14(21)18-12-8-4-5-9-13(12)22-11-6-2-1-3-7-11/h1-9H,10H2,(H2,17,19)(H,18,21). The molecule has 1 amide bonds. The predicted octanol–water partition coefficient (Wildman–Crippen LogP) is 3.64. The Balaban J connectivity index is 1.63. The first kappa shape index (κ1) is 16.3. The minimum absolute atomic E-state index is 0.155. The third kappa shape index (κ3) is 4.46. The average molecular weight is 358 g/mol. The van der Waals surface area contributed by atoms with Gasteiger partial charge >= 0.3 is 0 Å². The van der Waals surface area contributed by atoms with Crippen molar-refractivity contribution in [1.82, 2.24) is 10.2 Å². The summed E-state index contributed by atoms with van der Waals surface area (Å²) in [6.07, 6.45) is 0. The van der Waals surface area contributed by atoms with E-state index < -0.39 is 0 Å². The number of rotatable bonds is 6. The Hall–Kier alpha value is -2.58. The predicted molar refractivity (Wildman–Crippen MR) is 96.6 cm³/mol. The smallest absolute Gasteiger partial charge is 0.234 e. The fourth-order valence-electron chi connectivity index (χ4n) is 1.87. The van der Waals surface area contributed by atoms with Gasteiger partial charge in [0.25, 0.3) is 0 Å². The summed E-state index contributed by atoms with van der Waals surface area (Å²) >= 11 is 2.55. The number of carbonyl (C=O) groups is 1. The van der Waals surface area contributed by atoms with Gasteiger partial charge in [0.15, 0.2) is 10.1 Å². The number of hydrogen-bond acceptors (Lipinski definition) is 7. The minimum Gasteiger partial charge on any atom is -0.455 e. The van der Waals surface area contributed by atoms with Crippen LogP contribution in [-0.4, -0.2) is 21.9 Å². The van der Waals surface area contributed by atoms with Crippen molar-refractivity contribution in [3.8, 4) is 11.5 Å². The van der Waals surface area contributed by atoms with Crippen LogP contribution in [0.15, 0.2) is 58.9 Å². The molecule has 0 aliphatic heterocycles. The molecule has 0 aliphatic rings. The van der Waals surface area contributed by atoms with Gasteiger partial charge in [0, 0.05) is 0 Å². The van der Waals surface area contributed by atoms with Crippen molar-refractivity contribution in [2.45, 2.75) is 4.34 Å². The zero-order valence-corrected chi connectivity index (χ0v) is 14.1.